The summed E-state index contributed by atoms with van der Waals surface area (Å²) in [6.07, 6.45) is 2.28. The number of piperidine rings is 1. The van der Waals surface area contributed by atoms with E-state index in [-0.39, 0.29) is 42.1 Å². The summed E-state index contributed by atoms with van der Waals surface area (Å²) in [6, 6.07) is 4.43. The van der Waals surface area contributed by atoms with Crippen LogP contribution in [0.2, 0.25) is 0 Å². The SMILES string of the molecule is CC(C)(C)OC(=O)N1CC2CC2C1.Cc1c(-c2cc3cc(NC(=O)O)ncc3cc2F)cnc2c1N(C(=O)OC(C)(C)C)CCO2. The Bertz CT molecular complexity index is 1670. The van der Waals surface area contributed by atoms with E-state index in [1.807, 2.05) is 25.7 Å². The number of nitrogens with one attached hydrogen (secondary N) is 1. The molecule has 2 fully saturated rings. The first kappa shape index (κ1) is 32.7. The molecule has 2 N–H and O–H groups in total. The third-order valence-corrected chi connectivity index (χ3v) is 7.67. The lowest BCUT2D eigenvalue weighted by atomic mass is 9.98. The Balaban J connectivity index is 0.000000266. The number of likely N-dealkylation sites (tertiary alicyclic amines) is 1. The summed E-state index contributed by atoms with van der Waals surface area (Å²) in [4.78, 5) is 46.9. The molecule has 246 valence electrons. The zero-order valence-electron chi connectivity index (χ0n) is 27.1. The van der Waals surface area contributed by atoms with Crippen LogP contribution in [0.15, 0.2) is 30.6 Å². The predicted octanol–water partition coefficient (Wildman–Crippen LogP) is 6.84. The number of fused-ring (bicyclic) bond motifs is 3. The Morgan fingerprint density at radius 2 is 1.59 bits per heavy atom. The molecule has 6 rings (SSSR count). The summed E-state index contributed by atoms with van der Waals surface area (Å²) in [5.74, 6) is 1.46. The van der Waals surface area contributed by atoms with E-state index in [0.717, 1.165) is 24.9 Å². The number of anilines is 2. The normalized spacial score (nSPS) is 18.4. The third-order valence-electron chi connectivity index (χ3n) is 7.67. The minimum absolute atomic E-state index is 0.123. The number of carbonyl (C=O) groups excluding carboxylic acids is 2. The first-order valence-electron chi connectivity index (χ1n) is 15.2. The highest BCUT2D eigenvalue weighted by Crippen LogP contribution is 2.45. The van der Waals surface area contributed by atoms with Crippen LogP contribution >= 0.6 is 0 Å². The molecule has 3 aliphatic rings. The number of pyridine rings is 2. The van der Waals surface area contributed by atoms with Gasteiger partial charge >= 0.3 is 18.3 Å². The number of nitrogens with zero attached hydrogens (tertiary/aromatic N) is 4. The number of carbonyl (C=O) groups is 3. The average molecular weight is 638 g/mol. The maximum Gasteiger partial charge on any atom is 0.415 e. The van der Waals surface area contributed by atoms with Crippen molar-refractivity contribution in [2.75, 3.05) is 36.5 Å². The first-order valence-corrected chi connectivity index (χ1v) is 15.2. The Kier molecular flexibility index (Phi) is 8.71. The summed E-state index contributed by atoms with van der Waals surface area (Å²) < 4.78 is 31.5. The van der Waals surface area contributed by atoms with Crippen LogP contribution in [-0.4, -0.2) is 75.7 Å². The fourth-order valence-electron chi connectivity index (χ4n) is 5.53. The van der Waals surface area contributed by atoms with Gasteiger partial charge in [-0.2, -0.15) is 0 Å². The molecule has 2 unspecified atom stereocenters. The van der Waals surface area contributed by atoms with Gasteiger partial charge in [0, 0.05) is 42.0 Å². The third kappa shape index (κ3) is 7.57. The number of ether oxygens (including phenoxy) is 3. The molecule has 1 saturated carbocycles. The second-order valence-electron chi connectivity index (χ2n) is 13.8. The van der Waals surface area contributed by atoms with Gasteiger partial charge in [0.15, 0.2) is 0 Å². The van der Waals surface area contributed by atoms with Crippen LogP contribution in [-0.2, 0) is 9.47 Å². The summed E-state index contributed by atoms with van der Waals surface area (Å²) in [6.45, 7) is 15.2. The molecule has 0 bridgehead atoms. The first-order chi connectivity index (χ1) is 21.5. The highest BCUT2D eigenvalue weighted by Gasteiger charge is 2.47. The van der Waals surface area contributed by atoms with Gasteiger partial charge < -0.3 is 24.2 Å². The Hall–Kier alpha value is -4.68. The number of carboxylic acid groups (broad SMARTS) is 1. The highest BCUT2D eigenvalue weighted by atomic mass is 19.1. The fourth-order valence-corrected chi connectivity index (χ4v) is 5.53. The van der Waals surface area contributed by atoms with Crippen molar-refractivity contribution in [1.82, 2.24) is 14.9 Å². The minimum atomic E-state index is -1.25. The number of rotatable bonds is 2. The largest absolute Gasteiger partial charge is 0.474 e. The van der Waals surface area contributed by atoms with Crippen LogP contribution in [0.25, 0.3) is 21.9 Å². The van der Waals surface area contributed by atoms with Crippen molar-refractivity contribution in [2.45, 2.75) is 66.1 Å². The van der Waals surface area contributed by atoms with E-state index in [2.05, 4.69) is 15.3 Å². The van der Waals surface area contributed by atoms with Crippen LogP contribution in [0.1, 0.15) is 53.5 Å². The topological polar surface area (TPSA) is 143 Å². The van der Waals surface area contributed by atoms with Crippen molar-refractivity contribution in [3.63, 3.8) is 0 Å². The zero-order valence-corrected chi connectivity index (χ0v) is 27.1. The van der Waals surface area contributed by atoms with E-state index in [1.165, 1.54) is 35.8 Å². The standard InChI is InChI=1S/C23H23FN4O5.C10H17NO2/c1-12-16(11-26-20-19(12)28(5-6-32-20)22(31)33-23(2,3)4)15-7-13-9-18(27-21(29)30)25-10-14(13)8-17(15)24;1-10(2,3)13-9(12)11-5-7-4-8(7)6-11/h7-11H,5-6H2,1-4H3,(H,25,27)(H,29,30);7-8H,4-6H2,1-3H3. The fraction of sp³-hybridized carbons (Fsp3) is 0.485. The van der Waals surface area contributed by atoms with Crippen LogP contribution in [0.5, 0.6) is 5.88 Å². The monoisotopic (exact) mass is 637 g/mol. The molecule has 1 aliphatic carbocycles. The van der Waals surface area contributed by atoms with E-state index in [1.54, 1.807) is 33.8 Å². The van der Waals surface area contributed by atoms with Crippen molar-refractivity contribution in [1.29, 1.82) is 0 Å². The van der Waals surface area contributed by atoms with Crippen LogP contribution in [0.3, 0.4) is 0 Å². The van der Waals surface area contributed by atoms with Crippen molar-refractivity contribution in [3.8, 4) is 17.0 Å². The molecule has 0 radical (unpaired) electrons. The summed E-state index contributed by atoms with van der Waals surface area (Å²) in [7, 11) is 0. The van der Waals surface area contributed by atoms with E-state index < -0.39 is 23.6 Å². The van der Waals surface area contributed by atoms with E-state index in [0.29, 0.717) is 27.6 Å². The van der Waals surface area contributed by atoms with Crippen molar-refractivity contribution < 1.29 is 38.1 Å². The van der Waals surface area contributed by atoms with Gasteiger partial charge in [0.1, 0.15) is 35.1 Å². The van der Waals surface area contributed by atoms with Gasteiger partial charge in [0.25, 0.3) is 0 Å². The highest BCUT2D eigenvalue weighted by molar-refractivity contribution is 5.95. The molecule has 12 nitrogen and oxygen atoms in total. The minimum Gasteiger partial charge on any atom is -0.474 e. The van der Waals surface area contributed by atoms with E-state index >= 15 is 4.39 Å². The van der Waals surface area contributed by atoms with Gasteiger partial charge in [0.2, 0.25) is 5.88 Å². The van der Waals surface area contributed by atoms with E-state index in [4.69, 9.17) is 19.3 Å². The average Bonchev–Trinajstić information content (AvgIpc) is 3.55. The number of halogens is 1. The van der Waals surface area contributed by atoms with Crippen LogP contribution in [0, 0.1) is 24.6 Å². The maximum atomic E-state index is 15.1. The molecular formula is C33H40FN5O7. The molecule has 2 aliphatic heterocycles. The smallest absolute Gasteiger partial charge is 0.415 e. The summed E-state index contributed by atoms with van der Waals surface area (Å²) in [5.41, 5.74) is 0.699. The molecular weight excluding hydrogens is 597 g/mol. The van der Waals surface area contributed by atoms with Crippen molar-refractivity contribution in [2.24, 2.45) is 11.8 Å². The van der Waals surface area contributed by atoms with Gasteiger partial charge in [-0.25, -0.2) is 28.7 Å². The predicted molar refractivity (Wildman–Crippen MR) is 170 cm³/mol. The number of aromatic nitrogens is 2. The second kappa shape index (κ2) is 12.3. The number of hydrogen-bond donors (Lipinski definition) is 2. The maximum absolute atomic E-state index is 15.1. The molecule has 2 aromatic heterocycles. The van der Waals surface area contributed by atoms with Gasteiger partial charge in [-0.15, -0.1) is 0 Å². The molecule has 3 amide bonds. The van der Waals surface area contributed by atoms with Crippen LogP contribution in [0.4, 0.5) is 30.3 Å². The van der Waals surface area contributed by atoms with E-state index in [9.17, 15) is 14.4 Å². The number of benzene rings is 1. The second-order valence-corrected chi connectivity index (χ2v) is 13.8. The summed E-state index contributed by atoms with van der Waals surface area (Å²) >= 11 is 0. The molecule has 1 saturated heterocycles. The van der Waals surface area contributed by atoms with Crippen LogP contribution < -0.4 is 15.0 Å². The van der Waals surface area contributed by atoms with Gasteiger partial charge in [-0.1, -0.05) is 0 Å². The van der Waals surface area contributed by atoms with Crippen molar-refractivity contribution >= 4 is 40.6 Å². The molecule has 3 aromatic rings. The molecule has 0 spiro atoms. The van der Waals surface area contributed by atoms with Gasteiger partial charge in [-0.3, -0.25) is 10.2 Å². The summed E-state index contributed by atoms with van der Waals surface area (Å²) in [5, 5.41) is 12.2. The molecule has 46 heavy (non-hydrogen) atoms. The lowest BCUT2D eigenvalue weighted by molar-refractivity contribution is 0.0273. The van der Waals surface area contributed by atoms with Crippen molar-refractivity contribution in [3.05, 3.63) is 42.0 Å². The lowest BCUT2D eigenvalue weighted by Gasteiger charge is -2.32. The molecule has 13 heteroatoms. The Labute approximate surface area is 266 Å². The Morgan fingerprint density at radius 3 is 2.22 bits per heavy atom. The van der Waals surface area contributed by atoms with Gasteiger partial charge in [0.05, 0.1) is 6.54 Å². The quantitative estimate of drug-likeness (QED) is 0.309. The molecule has 4 heterocycles. The zero-order chi connectivity index (χ0) is 33.6. The number of hydrogen-bond acceptors (Lipinski definition) is 8. The molecule has 1 aromatic carbocycles. The molecule has 2 atom stereocenters. The Morgan fingerprint density at radius 1 is 0.935 bits per heavy atom. The number of amides is 3. The lowest BCUT2D eigenvalue weighted by Crippen LogP contribution is -2.42. The van der Waals surface area contributed by atoms with Gasteiger partial charge in [-0.05, 0) is 95.9 Å².